The summed E-state index contributed by atoms with van der Waals surface area (Å²) >= 11 is 13.5. The first-order valence-electron chi connectivity index (χ1n) is 9.24. The van der Waals surface area contributed by atoms with Crippen LogP contribution >= 0.6 is 35.0 Å². The number of hydrogen-bond donors (Lipinski definition) is 1. The van der Waals surface area contributed by atoms with Gasteiger partial charge in [0.15, 0.2) is 10.7 Å². The molecule has 2 atom stereocenters. The molecule has 30 heavy (non-hydrogen) atoms. The highest BCUT2D eigenvalue weighted by Crippen LogP contribution is 2.51. The summed E-state index contributed by atoms with van der Waals surface area (Å²) in [5.74, 6) is 0.679. The number of thioether (sulfide) groups is 1. The fourth-order valence-corrected chi connectivity index (χ4v) is 5.33. The van der Waals surface area contributed by atoms with Crippen LogP contribution in [0.3, 0.4) is 0 Å². The van der Waals surface area contributed by atoms with Gasteiger partial charge in [-0.25, -0.2) is 4.98 Å². The van der Waals surface area contributed by atoms with Crippen LogP contribution in [0.5, 0.6) is 0 Å². The van der Waals surface area contributed by atoms with Gasteiger partial charge in [-0.3, -0.25) is 4.57 Å². The Morgan fingerprint density at radius 3 is 2.40 bits per heavy atom. The molecule has 1 aliphatic rings. The van der Waals surface area contributed by atoms with E-state index in [-0.39, 0.29) is 5.25 Å². The summed E-state index contributed by atoms with van der Waals surface area (Å²) in [7, 11) is 0. The van der Waals surface area contributed by atoms with Crippen LogP contribution in [0.4, 0.5) is 0 Å². The lowest BCUT2D eigenvalue weighted by atomic mass is 10.1. The number of rotatable bonds is 5. The Labute approximate surface area is 193 Å². The van der Waals surface area contributed by atoms with Crippen molar-refractivity contribution in [3.8, 4) is 5.69 Å². The molecule has 1 aliphatic heterocycles. The summed E-state index contributed by atoms with van der Waals surface area (Å²) in [6.07, 6.45) is 5.56. The number of aromatic nitrogens is 2. The summed E-state index contributed by atoms with van der Waals surface area (Å²) in [5.41, 5.74) is 1.14. The number of aliphatic hydroxyl groups is 1. The molecule has 156 valence electrons. The molecule has 0 bridgehead atoms. The van der Waals surface area contributed by atoms with Gasteiger partial charge in [0.05, 0.1) is 26.7 Å². The molecule has 0 saturated carbocycles. The van der Waals surface area contributed by atoms with E-state index in [0.29, 0.717) is 27.3 Å². The highest BCUT2D eigenvalue weighted by atomic mass is 35.5. The molecule has 0 saturated heterocycles. The summed E-state index contributed by atoms with van der Waals surface area (Å²) in [6.45, 7) is 3.39. The summed E-state index contributed by atoms with van der Waals surface area (Å²) < 4.78 is 13.6. The van der Waals surface area contributed by atoms with E-state index in [1.807, 2.05) is 28.8 Å². The molecule has 4 nitrogen and oxygen atoms in total. The predicted molar refractivity (Wildman–Crippen MR) is 126 cm³/mol. The lowest BCUT2D eigenvalue weighted by Gasteiger charge is -2.25. The van der Waals surface area contributed by atoms with Crippen LogP contribution in [0, 0.1) is 0 Å². The molecular formula is C22H20Cl2N2O2S2. The topological polar surface area (TPSA) is 61.1 Å². The molecule has 0 amide bonds. The van der Waals surface area contributed by atoms with Crippen molar-refractivity contribution < 1.29 is 9.66 Å². The predicted octanol–water partition coefficient (Wildman–Crippen LogP) is 5.97. The molecule has 1 aromatic heterocycles. The van der Waals surface area contributed by atoms with E-state index >= 15 is 0 Å². The van der Waals surface area contributed by atoms with Crippen molar-refractivity contribution in [3.63, 3.8) is 0 Å². The first-order valence-corrected chi connectivity index (χ1v) is 12.4. The average Bonchev–Trinajstić information content (AvgIpc) is 3.05. The van der Waals surface area contributed by atoms with E-state index in [1.54, 1.807) is 56.3 Å². The molecule has 2 heterocycles. The van der Waals surface area contributed by atoms with Crippen LogP contribution in [-0.4, -0.2) is 25.5 Å². The second-order valence-corrected chi connectivity index (χ2v) is 10.9. The van der Waals surface area contributed by atoms with Gasteiger partial charge in [0.2, 0.25) is 0 Å². The van der Waals surface area contributed by atoms with Crippen molar-refractivity contribution in [3.05, 3.63) is 81.9 Å². The third-order valence-corrected chi connectivity index (χ3v) is 7.57. The largest absolute Gasteiger partial charge is 0.612 e. The lowest BCUT2D eigenvalue weighted by molar-refractivity contribution is 0.0742. The van der Waals surface area contributed by atoms with Crippen LogP contribution in [0.1, 0.15) is 36.2 Å². The van der Waals surface area contributed by atoms with Gasteiger partial charge in [0.1, 0.15) is 11.9 Å². The monoisotopic (exact) mass is 478 g/mol. The smallest absolute Gasteiger partial charge is 0.152 e. The van der Waals surface area contributed by atoms with Gasteiger partial charge in [-0.1, -0.05) is 41.4 Å². The Bertz CT molecular complexity index is 1120. The van der Waals surface area contributed by atoms with Gasteiger partial charge in [-0.15, -0.1) is 11.8 Å². The Balaban J connectivity index is 1.76. The quantitative estimate of drug-likeness (QED) is 0.458. The number of halogens is 2. The molecule has 1 N–H and O–H groups in total. The standard InChI is InChI=1S/C22H20Cl2N2O2S2/c1-22(2,27)19-12-26(20-15(23)8-5-9-16(20)24)21(25-19)18-11-17(29-18)13-6-4-7-14(10-13)30(3)28/h4-12,17,27H,1-3H3/t17?,30-/m0/s1. The van der Waals surface area contributed by atoms with Gasteiger partial charge in [0.25, 0.3) is 0 Å². The Kier molecular flexibility index (Phi) is 6.01. The summed E-state index contributed by atoms with van der Waals surface area (Å²) in [6, 6.07) is 13.1. The van der Waals surface area contributed by atoms with Gasteiger partial charge in [0, 0.05) is 11.1 Å². The highest BCUT2D eigenvalue weighted by molar-refractivity contribution is 8.10. The van der Waals surface area contributed by atoms with Crippen molar-refractivity contribution in [2.75, 3.05) is 6.26 Å². The van der Waals surface area contributed by atoms with E-state index in [2.05, 4.69) is 6.08 Å². The zero-order valence-corrected chi connectivity index (χ0v) is 19.7. The van der Waals surface area contributed by atoms with Crippen LogP contribution < -0.4 is 0 Å². The maximum absolute atomic E-state index is 11.8. The fraction of sp³-hybridized carbons (Fsp3) is 0.227. The maximum Gasteiger partial charge on any atom is 0.152 e. The second-order valence-electron chi connectivity index (χ2n) is 7.55. The molecule has 0 spiro atoms. The first kappa shape index (κ1) is 21.8. The molecule has 1 unspecified atom stereocenters. The number of benzene rings is 2. The van der Waals surface area contributed by atoms with Crippen molar-refractivity contribution in [2.24, 2.45) is 0 Å². The minimum absolute atomic E-state index is 0.140. The molecule has 8 heteroatoms. The van der Waals surface area contributed by atoms with E-state index in [4.69, 9.17) is 28.2 Å². The minimum Gasteiger partial charge on any atom is -0.612 e. The van der Waals surface area contributed by atoms with E-state index < -0.39 is 16.8 Å². The maximum atomic E-state index is 11.8. The van der Waals surface area contributed by atoms with E-state index in [1.165, 1.54) is 0 Å². The summed E-state index contributed by atoms with van der Waals surface area (Å²) in [5, 5.41) is 11.6. The van der Waals surface area contributed by atoms with Crippen molar-refractivity contribution >= 4 is 51.0 Å². The normalized spacial score (nSPS) is 17.4. The molecule has 0 aliphatic carbocycles. The second kappa shape index (κ2) is 8.26. The van der Waals surface area contributed by atoms with E-state index in [0.717, 1.165) is 15.4 Å². The molecule has 0 fully saturated rings. The Hall–Kier alpha value is -1.41. The molecule has 2 aromatic carbocycles. The van der Waals surface area contributed by atoms with Gasteiger partial charge in [-0.05, 0) is 60.9 Å². The summed E-state index contributed by atoms with van der Waals surface area (Å²) in [4.78, 5) is 6.47. The average molecular weight is 479 g/mol. The van der Waals surface area contributed by atoms with Crippen molar-refractivity contribution in [1.82, 2.24) is 9.55 Å². The van der Waals surface area contributed by atoms with Crippen molar-refractivity contribution in [2.45, 2.75) is 29.6 Å². The third kappa shape index (κ3) is 4.17. The van der Waals surface area contributed by atoms with Gasteiger partial charge < -0.3 is 9.66 Å². The van der Waals surface area contributed by atoms with Gasteiger partial charge in [-0.2, -0.15) is 0 Å². The number of nitrogens with zero attached hydrogens (tertiary/aromatic N) is 2. The highest BCUT2D eigenvalue weighted by Gasteiger charge is 2.31. The molecular weight excluding hydrogens is 459 g/mol. The molecule has 4 rings (SSSR count). The zero-order chi connectivity index (χ0) is 21.6. The van der Waals surface area contributed by atoms with Crippen LogP contribution in [-0.2, 0) is 16.8 Å². The SMILES string of the molecule is C[S@+]([O-])c1cccc(C2C=C(c3nc(C(C)(C)O)cn3-c3c(Cl)cccc3Cl)S2)c1. The molecule has 3 aromatic rings. The van der Waals surface area contributed by atoms with Gasteiger partial charge >= 0.3 is 0 Å². The molecule has 0 radical (unpaired) electrons. The fourth-order valence-electron chi connectivity index (χ4n) is 3.18. The Morgan fingerprint density at radius 1 is 1.17 bits per heavy atom. The number of para-hydroxylation sites is 1. The van der Waals surface area contributed by atoms with Crippen LogP contribution in [0.2, 0.25) is 10.0 Å². The van der Waals surface area contributed by atoms with E-state index in [9.17, 15) is 9.66 Å². The zero-order valence-electron chi connectivity index (χ0n) is 16.6. The van der Waals surface area contributed by atoms with Crippen LogP contribution in [0.25, 0.3) is 10.6 Å². The van der Waals surface area contributed by atoms with Crippen LogP contribution in [0.15, 0.2) is 59.6 Å². The number of imidazole rings is 1. The minimum atomic E-state index is -1.11. The Morgan fingerprint density at radius 2 is 1.80 bits per heavy atom. The lowest BCUT2D eigenvalue weighted by Crippen LogP contribution is -2.16. The van der Waals surface area contributed by atoms with Crippen molar-refractivity contribution in [1.29, 1.82) is 0 Å². The third-order valence-electron chi connectivity index (χ3n) is 4.81. The number of hydrogen-bond acceptors (Lipinski definition) is 4. The first-order chi connectivity index (χ1) is 14.1.